The van der Waals surface area contributed by atoms with E-state index in [1.807, 2.05) is 16.0 Å². The highest BCUT2D eigenvalue weighted by Crippen LogP contribution is 2.27. The third kappa shape index (κ3) is 2.20. The number of nitrogens with one attached hydrogen (secondary N) is 1. The zero-order valence-electron chi connectivity index (χ0n) is 11.1. The van der Waals surface area contributed by atoms with Crippen LogP contribution >= 0.6 is 11.3 Å². The highest BCUT2D eigenvalue weighted by molar-refractivity contribution is 7.15. The average molecular weight is 296 g/mol. The number of ether oxygens (including phenoxy) is 1. The zero-order valence-corrected chi connectivity index (χ0v) is 11.9. The second-order valence-corrected chi connectivity index (χ2v) is 5.54. The van der Waals surface area contributed by atoms with Gasteiger partial charge in [-0.15, -0.1) is 11.3 Å². The molecule has 8 heteroatoms. The maximum atomic E-state index is 11.2. The van der Waals surface area contributed by atoms with Crippen LogP contribution in [0.1, 0.15) is 12.1 Å². The Morgan fingerprint density at radius 2 is 2.55 bits per heavy atom. The number of methoxy groups -OCH3 is 1. The molecule has 0 radical (unpaired) electrons. The number of imidazole rings is 1. The van der Waals surface area contributed by atoms with Crippen molar-refractivity contribution in [3.63, 3.8) is 0 Å². The van der Waals surface area contributed by atoms with Crippen LogP contribution in [0, 0.1) is 0 Å². The molecule has 1 fully saturated rings. The van der Waals surface area contributed by atoms with Gasteiger partial charge in [0, 0.05) is 24.7 Å². The Balaban J connectivity index is 1.78. The Kier molecular flexibility index (Phi) is 3.49. The molecule has 0 spiro atoms. The summed E-state index contributed by atoms with van der Waals surface area (Å²) in [5.41, 5.74) is 0.792. The number of aliphatic hydroxyl groups excluding tert-OH is 1. The Labute approximate surface area is 119 Å². The van der Waals surface area contributed by atoms with E-state index >= 15 is 0 Å². The van der Waals surface area contributed by atoms with Crippen LogP contribution in [-0.2, 0) is 11.3 Å². The number of hydrogen-bond donors (Lipinski definition) is 2. The highest BCUT2D eigenvalue weighted by atomic mass is 32.1. The first-order valence-corrected chi connectivity index (χ1v) is 7.25. The molecule has 20 heavy (non-hydrogen) atoms. The van der Waals surface area contributed by atoms with Crippen LogP contribution in [0.25, 0.3) is 4.96 Å². The molecule has 0 bridgehead atoms. The van der Waals surface area contributed by atoms with Crippen LogP contribution in [0.2, 0.25) is 0 Å². The van der Waals surface area contributed by atoms with E-state index in [1.165, 1.54) is 18.4 Å². The number of anilines is 1. The third-order valence-corrected chi connectivity index (χ3v) is 4.24. The van der Waals surface area contributed by atoms with E-state index in [1.54, 1.807) is 0 Å². The van der Waals surface area contributed by atoms with Gasteiger partial charge in [0.2, 0.25) is 0 Å². The molecule has 1 amide bonds. The molecule has 2 N–H and O–H groups in total. The number of amides is 1. The lowest BCUT2D eigenvalue weighted by Crippen LogP contribution is -2.37. The molecule has 1 atom stereocenters. The lowest BCUT2D eigenvalue weighted by Gasteiger charge is -2.17. The predicted molar refractivity (Wildman–Crippen MR) is 75.2 cm³/mol. The summed E-state index contributed by atoms with van der Waals surface area (Å²) in [6.45, 7) is 1.41. The van der Waals surface area contributed by atoms with Gasteiger partial charge in [0.1, 0.15) is 0 Å². The topological polar surface area (TPSA) is 79.1 Å². The van der Waals surface area contributed by atoms with Crippen LogP contribution < -0.4 is 10.2 Å². The van der Waals surface area contributed by atoms with Crippen LogP contribution in [0.15, 0.2) is 11.6 Å². The Morgan fingerprint density at radius 3 is 3.30 bits per heavy atom. The van der Waals surface area contributed by atoms with E-state index in [0.717, 1.165) is 29.4 Å². The molecule has 1 unspecified atom stereocenters. The smallest absolute Gasteiger partial charge is 0.407 e. The Bertz CT molecular complexity index is 623. The molecular formula is C12H16N4O3S. The molecule has 0 saturated carbocycles. The van der Waals surface area contributed by atoms with Crippen molar-refractivity contribution in [2.45, 2.75) is 19.1 Å². The van der Waals surface area contributed by atoms with E-state index in [4.69, 9.17) is 0 Å². The number of fused-ring (bicyclic) bond motifs is 1. The lowest BCUT2D eigenvalue weighted by molar-refractivity contribution is 0.167. The maximum absolute atomic E-state index is 11.2. The van der Waals surface area contributed by atoms with Crippen molar-refractivity contribution in [3.8, 4) is 0 Å². The molecule has 108 valence electrons. The summed E-state index contributed by atoms with van der Waals surface area (Å²) in [6.07, 6.45) is 2.33. The Hall–Kier alpha value is -1.80. The SMILES string of the molecule is COC(=O)NC1CCN(c2nc3sccn3c2CO)C1. The van der Waals surface area contributed by atoms with Gasteiger partial charge in [-0.25, -0.2) is 9.78 Å². The summed E-state index contributed by atoms with van der Waals surface area (Å²) in [5, 5.41) is 14.3. The fourth-order valence-corrected chi connectivity index (χ4v) is 3.25. The van der Waals surface area contributed by atoms with E-state index in [0.29, 0.717) is 6.54 Å². The first kappa shape index (κ1) is 13.2. The fourth-order valence-electron chi connectivity index (χ4n) is 2.52. The number of carbonyl (C=O) groups excluding carboxylic acids is 1. The van der Waals surface area contributed by atoms with Gasteiger partial charge in [-0.2, -0.15) is 0 Å². The standard InChI is InChI=1S/C12H16N4O3S/c1-19-12(18)13-8-2-3-15(6-8)10-9(7-17)16-4-5-20-11(16)14-10/h4-5,8,17H,2-3,6-7H2,1H3,(H,13,18). The van der Waals surface area contributed by atoms with Crippen molar-refractivity contribution in [1.29, 1.82) is 0 Å². The first-order chi connectivity index (χ1) is 9.72. The van der Waals surface area contributed by atoms with Crippen molar-refractivity contribution >= 4 is 28.2 Å². The number of aromatic nitrogens is 2. The van der Waals surface area contributed by atoms with Gasteiger partial charge in [-0.3, -0.25) is 4.40 Å². The molecule has 1 aliphatic rings. The number of rotatable bonds is 3. The monoisotopic (exact) mass is 296 g/mol. The molecule has 7 nitrogen and oxygen atoms in total. The highest BCUT2D eigenvalue weighted by Gasteiger charge is 2.28. The van der Waals surface area contributed by atoms with Gasteiger partial charge in [0.25, 0.3) is 0 Å². The number of thiazole rings is 1. The fraction of sp³-hybridized carbons (Fsp3) is 0.500. The van der Waals surface area contributed by atoms with Crippen LogP contribution in [-0.4, -0.2) is 46.8 Å². The first-order valence-electron chi connectivity index (χ1n) is 6.37. The van der Waals surface area contributed by atoms with Gasteiger partial charge < -0.3 is 20.1 Å². The van der Waals surface area contributed by atoms with Crippen molar-refractivity contribution in [1.82, 2.24) is 14.7 Å². The second kappa shape index (κ2) is 5.29. The van der Waals surface area contributed by atoms with Gasteiger partial charge in [0.15, 0.2) is 10.8 Å². The minimum atomic E-state index is -0.412. The molecule has 2 aromatic heterocycles. The minimum absolute atomic E-state index is 0.0497. The lowest BCUT2D eigenvalue weighted by atomic mass is 10.3. The summed E-state index contributed by atoms with van der Waals surface area (Å²) in [5.74, 6) is 0.800. The minimum Gasteiger partial charge on any atom is -0.453 e. The molecule has 1 aliphatic heterocycles. The summed E-state index contributed by atoms with van der Waals surface area (Å²) in [6, 6.07) is 0.0497. The Morgan fingerprint density at radius 1 is 1.70 bits per heavy atom. The predicted octanol–water partition coefficient (Wildman–Crippen LogP) is 0.823. The number of aliphatic hydroxyl groups is 1. The third-order valence-electron chi connectivity index (χ3n) is 3.48. The van der Waals surface area contributed by atoms with E-state index in [2.05, 4.69) is 19.9 Å². The number of carbonyl (C=O) groups is 1. The van der Waals surface area contributed by atoms with Crippen molar-refractivity contribution in [3.05, 3.63) is 17.3 Å². The quantitative estimate of drug-likeness (QED) is 0.877. The molecular weight excluding hydrogens is 280 g/mol. The van der Waals surface area contributed by atoms with Crippen LogP contribution in [0.3, 0.4) is 0 Å². The summed E-state index contributed by atoms with van der Waals surface area (Å²) >= 11 is 1.54. The number of nitrogens with zero attached hydrogens (tertiary/aromatic N) is 3. The molecule has 0 aromatic carbocycles. The summed E-state index contributed by atoms with van der Waals surface area (Å²) < 4.78 is 6.51. The zero-order chi connectivity index (χ0) is 14.1. The van der Waals surface area contributed by atoms with E-state index in [-0.39, 0.29) is 12.6 Å². The molecule has 3 heterocycles. The molecule has 2 aromatic rings. The second-order valence-electron chi connectivity index (χ2n) is 4.66. The van der Waals surface area contributed by atoms with E-state index in [9.17, 15) is 9.90 Å². The normalized spacial score (nSPS) is 18.7. The van der Waals surface area contributed by atoms with Gasteiger partial charge in [-0.05, 0) is 6.42 Å². The molecule has 0 aliphatic carbocycles. The maximum Gasteiger partial charge on any atom is 0.407 e. The molecule has 1 saturated heterocycles. The number of hydrogen-bond acceptors (Lipinski definition) is 6. The molecule has 3 rings (SSSR count). The van der Waals surface area contributed by atoms with Crippen molar-refractivity contribution in [2.75, 3.05) is 25.1 Å². The van der Waals surface area contributed by atoms with Gasteiger partial charge in [0.05, 0.1) is 25.5 Å². The van der Waals surface area contributed by atoms with Gasteiger partial charge >= 0.3 is 6.09 Å². The number of alkyl carbamates (subject to hydrolysis) is 1. The summed E-state index contributed by atoms with van der Waals surface area (Å²) in [4.78, 5) is 18.7. The van der Waals surface area contributed by atoms with Crippen LogP contribution in [0.4, 0.5) is 10.6 Å². The average Bonchev–Trinajstić information content (AvgIpc) is 3.11. The summed E-state index contributed by atoms with van der Waals surface area (Å²) in [7, 11) is 1.36. The van der Waals surface area contributed by atoms with Crippen LogP contribution in [0.5, 0.6) is 0 Å². The van der Waals surface area contributed by atoms with Crippen molar-refractivity contribution in [2.24, 2.45) is 0 Å². The van der Waals surface area contributed by atoms with Crippen molar-refractivity contribution < 1.29 is 14.6 Å². The van der Waals surface area contributed by atoms with E-state index < -0.39 is 6.09 Å². The largest absolute Gasteiger partial charge is 0.453 e. The van der Waals surface area contributed by atoms with Gasteiger partial charge in [-0.1, -0.05) is 0 Å².